The lowest BCUT2D eigenvalue weighted by molar-refractivity contribution is 0.0955. The number of nitrogens with zero attached hydrogens (tertiary/aromatic N) is 1. The molecule has 0 spiro atoms. The van der Waals surface area contributed by atoms with E-state index in [4.69, 9.17) is 4.74 Å². The minimum Gasteiger partial charge on any atom is -0.445 e. The first kappa shape index (κ1) is 12.7. The summed E-state index contributed by atoms with van der Waals surface area (Å²) < 4.78 is 5.36. The van der Waals surface area contributed by atoms with Crippen molar-refractivity contribution in [2.75, 3.05) is 0 Å². The van der Waals surface area contributed by atoms with Crippen molar-refractivity contribution in [3.8, 4) is 0 Å². The highest BCUT2D eigenvalue weighted by Gasteiger charge is 2.24. The molecular weight excluding hydrogens is 250 g/mol. The quantitative estimate of drug-likeness (QED) is 0.831. The number of carbonyl (C=O) groups is 1. The van der Waals surface area contributed by atoms with Crippen molar-refractivity contribution in [3.05, 3.63) is 70.8 Å². The van der Waals surface area contributed by atoms with Crippen LogP contribution in [0.4, 0.5) is 4.79 Å². The molecule has 0 unspecified atom stereocenters. The SMILES string of the molecule is Cc1ccc2c(c1)CN(C(=O)OCc1ccccc1)C2. The third-order valence-electron chi connectivity index (χ3n) is 3.55. The predicted octanol–water partition coefficient (Wildman–Crippen LogP) is 3.65. The molecule has 3 heteroatoms. The van der Waals surface area contributed by atoms with Crippen molar-refractivity contribution in [2.45, 2.75) is 26.6 Å². The summed E-state index contributed by atoms with van der Waals surface area (Å²) >= 11 is 0. The molecule has 3 rings (SSSR count). The van der Waals surface area contributed by atoms with Crippen LogP contribution in [0.25, 0.3) is 0 Å². The van der Waals surface area contributed by atoms with Crippen LogP contribution in [0.15, 0.2) is 48.5 Å². The maximum Gasteiger partial charge on any atom is 0.410 e. The smallest absolute Gasteiger partial charge is 0.410 e. The maximum absolute atomic E-state index is 12.1. The first-order chi connectivity index (χ1) is 9.72. The van der Waals surface area contributed by atoms with Crippen LogP contribution in [-0.4, -0.2) is 11.0 Å². The monoisotopic (exact) mass is 267 g/mol. The summed E-state index contributed by atoms with van der Waals surface area (Å²) in [6.45, 7) is 3.68. The van der Waals surface area contributed by atoms with Crippen molar-refractivity contribution >= 4 is 6.09 Å². The van der Waals surface area contributed by atoms with E-state index < -0.39 is 0 Å². The molecule has 1 aliphatic rings. The molecule has 102 valence electrons. The third kappa shape index (κ3) is 2.67. The van der Waals surface area contributed by atoms with Gasteiger partial charge in [0.1, 0.15) is 6.61 Å². The molecule has 1 amide bonds. The summed E-state index contributed by atoms with van der Waals surface area (Å²) in [5, 5.41) is 0. The van der Waals surface area contributed by atoms with E-state index in [-0.39, 0.29) is 6.09 Å². The van der Waals surface area contributed by atoms with Gasteiger partial charge in [-0.15, -0.1) is 0 Å². The van der Waals surface area contributed by atoms with Gasteiger partial charge in [0.15, 0.2) is 0 Å². The van der Waals surface area contributed by atoms with Gasteiger partial charge in [0.25, 0.3) is 0 Å². The number of hydrogen-bond donors (Lipinski definition) is 0. The Morgan fingerprint density at radius 1 is 1.10 bits per heavy atom. The molecule has 0 saturated heterocycles. The molecule has 20 heavy (non-hydrogen) atoms. The Bertz CT molecular complexity index is 622. The van der Waals surface area contributed by atoms with Crippen molar-refractivity contribution in [1.82, 2.24) is 4.90 Å². The average molecular weight is 267 g/mol. The highest BCUT2D eigenvalue weighted by molar-refractivity contribution is 5.69. The lowest BCUT2D eigenvalue weighted by Crippen LogP contribution is -2.25. The van der Waals surface area contributed by atoms with E-state index in [9.17, 15) is 4.79 Å². The van der Waals surface area contributed by atoms with Crippen LogP contribution in [0.1, 0.15) is 22.3 Å². The van der Waals surface area contributed by atoms with Gasteiger partial charge in [0.05, 0.1) is 0 Å². The van der Waals surface area contributed by atoms with Gasteiger partial charge >= 0.3 is 6.09 Å². The van der Waals surface area contributed by atoms with Crippen LogP contribution >= 0.6 is 0 Å². The standard InChI is InChI=1S/C17H17NO2/c1-13-7-8-15-10-18(11-16(15)9-13)17(19)20-12-14-5-3-2-4-6-14/h2-9H,10-12H2,1H3. The number of fused-ring (bicyclic) bond motifs is 1. The van der Waals surface area contributed by atoms with Crippen molar-refractivity contribution in [1.29, 1.82) is 0 Å². The van der Waals surface area contributed by atoms with E-state index in [1.807, 2.05) is 30.3 Å². The summed E-state index contributed by atoms with van der Waals surface area (Å²) in [6.07, 6.45) is -0.247. The van der Waals surface area contributed by atoms with Gasteiger partial charge in [0, 0.05) is 13.1 Å². The van der Waals surface area contributed by atoms with Gasteiger partial charge in [-0.3, -0.25) is 4.90 Å². The topological polar surface area (TPSA) is 29.5 Å². The molecular formula is C17H17NO2. The first-order valence-corrected chi connectivity index (χ1v) is 6.76. The Hall–Kier alpha value is -2.29. The van der Waals surface area contributed by atoms with Gasteiger partial charge in [-0.1, -0.05) is 54.1 Å². The average Bonchev–Trinajstić information content (AvgIpc) is 2.89. The minimum absolute atomic E-state index is 0.247. The second-order valence-electron chi connectivity index (χ2n) is 5.17. The summed E-state index contributed by atoms with van der Waals surface area (Å²) in [5.74, 6) is 0. The molecule has 2 aromatic carbocycles. The Labute approximate surface area is 118 Å². The van der Waals surface area contributed by atoms with E-state index >= 15 is 0 Å². The number of benzene rings is 2. The Morgan fingerprint density at radius 3 is 2.65 bits per heavy atom. The normalized spacial score (nSPS) is 13.2. The number of hydrogen-bond acceptors (Lipinski definition) is 2. The fraction of sp³-hybridized carbons (Fsp3) is 0.235. The molecule has 0 saturated carbocycles. The first-order valence-electron chi connectivity index (χ1n) is 6.76. The molecule has 0 aromatic heterocycles. The van der Waals surface area contributed by atoms with Crippen LogP contribution in [0.5, 0.6) is 0 Å². The minimum atomic E-state index is -0.247. The van der Waals surface area contributed by atoms with Gasteiger partial charge in [0.2, 0.25) is 0 Å². The Morgan fingerprint density at radius 2 is 1.85 bits per heavy atom. The number of ether oxygens (including phenoxy) is 1. The maximum atomic E-state index is 12.1. The van der Waals surface area contributed by atoms with Crippen LogP contribution < -0.4 is 0 Å². The van der Waals surface area contributed by atoms with Crippen LogP contribution in [0, 0.1) is 6.92 Å². The molecule has 2 aromatic rings. The molecule has 0 radical (unpaired) electrons. The molecule has 0 N–H and O–H groups in total. The lowest BCUT2D eigenvalue weighted by atomic mass is 10.1. The lowest BCUT2D eigenvalue weighted by Gasteiger charge is -2.15. The summed E-state index contributed by atoms with van der Waals surface area (Å²) in [6, 6.07) is 16.1. The molecule has 0 bridgehead atoms. The zero-order chi connectivity index (χ0) is 13.9. The highest BCUT2D eigenvalue weighted by Crippen LogP contribution is 2.24. The van der Waals surface area contributed by atoms with Gasteiger partial charge in [-0.05, 0) is 23.6 Å². The Balaban J connectivity index is 1.60. The number of carbonyl (C=O) groups excluding carboxylic acids is 1. The molecule has 0 atom stereocenters. The Kier molecular flexibility index (Phi) is 3.42. The number of amides is 1. The van der Waals surface area contributed by atoms with Gasteiger partial charge in [-0.25, -0.2) is 4.79 Å². The van der Waals surface area contributed by atoms with E-state index in [1.165, 1.54) is 16.7 Å². The number of rotatable bonds is 2. The molecule has 1 heterocycles. The molecule has 3 nitrogen and oxygen atoms in total. The van der Waals surface area contributed by atoms with Gasteiger partial charge < -0.3 is 4.74 Å². The van der Waals surface area contributed by atoms with Crippen molar-refractivity contribution in [3.63, 3.8) is 0 Å². The zero-order valence-corrected chi connectivity index (χ0v) is 11.5. The predicted molar refractivity (Wildman–Crippen MR) is 77.1 cm³/mol. The fourth-order valence-electron chi connectivity index (χ4n) is 2.46. The van der Waals surface area contributed by atoms with E-state index in [0.29, 0.717) is 19.7 Å². The van der Waals surface area contributed by atoms with Crippen molar-refractivity contribution < 1.29 is 9.53 Å². The second-order valence-corrected chi connectivity index (χ2v) is 5.17. The summed E-state index contributed by atoms with van der Waals surface area (Å²) in [7, 11) is 0. The highest BCUT2D eigenvalue weighted by atomic mass is 16.6. The van der Waals surface area contributed by atoms with E-state index in [0.717, 1.165) is 5.56 Å². The third-order valence-corrected chi connectivity index (χ3v) is 3.55. The van der Waals surface area contributed by atoms with Crippen molar-refractivity contribution in [2.24, 2.45) is 0 Å². The molecule has 1 aliphatic heterocycles. The van der Waals surface area contributed by atoms with E-state index in [1.54, 1.807) is 4.90 Å². The molecule has 0 aliphatic carbocycles. The summed E-state index contributed by atoms with van der Waals surface area (Å²) in [4.78, 5) is 13.8. The van der Waals surface area contributed by atoms with Gasteiger partial charge in [-0.2, -0.15) is 0 Å². The molecule has 0 fully saturated rings. The zero-order valence-electron chi connectivity index (χ0n) is 11.5. The van der Waals surface area contributed by atoms with Crippen LogP contribution in [0.3, 0.4) is 0 Å². The number of aryl methyl sites for hydroxylation is 1. The van der Waals surface area contributed by atoms with Crippen LogP contribution in [0.2, 0.25) is 0 Å². The summed E-state index contributed by atoms with van der Waals surface area (Å²) in [5.41, 5.74) is 4.67. The second kappa shape index (κ2) is 5.37. The van der Waals surface area contributed by atoms with Crippen LogP contribution in [-0.2, 0) is 24.4 Å². The van der Waals surface area contributed by atoms with E-state index in [2.05, 4.69) is 25.1 Å². The fourth-order valence-corrected chi connectivity index (χ4v) is 2.46. The largest absolute Gasteiger partial charge is 0.445 e.